The molecule has 5 nitrogen and oxygen atoms in total. The Kier molecular flexibility index (Phi) is 3.49. The number of hydrogen-bond acceptors (Lipinski definition) is 4. The van der Waals surface area contributed by atoms with E-state index >= 15 is 0 Å². The lowest BCUT2D eigenvalue weighted by Gasteiger charge is -2.08. The third kappa shape index (κ3) is 2.80. The maximum Gasteiger partial charge on any atom is 0.101 e. The lowest BCUT2D eigenvalue weighted by Crippen LogP contribution is -2.11. The third-order valence-electron chi connectivity index (χ3n) is 2.61. The van der Waals surface area contributed by atoms with Gasteiger partial charge in [-0.3, -0.25) is 4.68 Å². The summed E-state index contributed by atoms with van der Waals surface area (Å²) in [6, 6.07) is 7.96. The molecule has 0 unspecified atom stereocenters. The Morgan fingerprint density at radius 3 is 3.00 bits per heavy atom. The van der Waals surface area contributed by atoms with Crippen molar-refractivity contribution in [1.82, 2.24) is 9.78 Å². The highest BCUT2D eigenvalue weighted by Gasteiger charge is 2.01. The predicted octanol–water partition coefficient (Wildman–Crippen LogP) is 1.76. The molecule has 5 heteroatoms. The summed E-state index contributed by atoms with van der Waals surface area (Å²) < 4.78 is 1.77. The summed E-state index contributed by atoms with van der Waals surface area (Å²) in [5, 5.41) is 16.4. The second-order valence-electron chi connectivity index (χ2n) is 4.12. The molecule has 0 saturated heterocycles. The molecule has 1 aromatic heterocycles. The highest BCUT2D eigenvalue weighted by molar-refractivity contribution is 5.58. The Labute approximate surface area is 106 Å². The molecule has 0 atom stereocenters. The molecular weight excluding hydrogens is 226 g/mol. The fourth-order valence-corrected chi connectivity index (χ4v) is 1.71. The SMILES string of the molecule is Cc1ccc(NCCn2cc(N)cn2)c(C#N)c1. The minimum atomic E-state index is 0.656. The van der Waals surface area contributed by atoms with Crippen molar-refractivity contribution < 1.29 is 0 Å². The highest BCUT2D eigenvalue weighted by atomic mass is 15.3. The number of benzene rings is 1. The number of rotatable bonds is 4. The zero-order chi connectivity index (χ0) is 13.0. The van der Waals surface area contributed by atoms with Gasteiger partial charge in [-0.05, 0) is 24.6 Å². The topological polar surface area (TPSA) is 79.7 Å². The third-order valence-corrected chi connectivity index (χ3v) is 2.61. The van der Waals surface area contributed by atoms with Gasteiger partial charge >= 0.3 is 0 Å². The number of aryl methyl sites for hydroxylation is 1. The molecule has 0 aliphatic rings. The van der Waals surface area contributed by atoms with Crippen molar-refractivity contribution >= 4 is 11.4 Å². The summed E-state index contributed by atoms with van der Waals surface area (Å²) in [5.74, 6) is 0. The van der Waals surface area contributed by atoms with Crippen LogP contribution in [0.15, 0.2) is 30.6 Å². The molecule has 18 heavy (non-hydrogen) atoms. The number of nitrogen functional groups attached to an aromatic ring is 1. The van der Waals surface area contributed by atoms with Gasteiger partial charge in [0.05, 0.1) is 29.7 Å². The molecule has 3 N–H and O–H groups in total. The van der Waals surface area contributed by atoms with Crippen LogP contribution in [-0.4, -0.2) is 16.3 Å². The molecular formula is C13H15N5. The Morgan fingerprint density at radius 2 is 2.33 bits per heavy atom. The molecule has 2 rings (SSSR count). The van der Waals surface area contributed by atoms with E-state index in [1.165, 1.54) is 0 Å². The number of nitriles is 1. The molecule has 0 spiro atoms. The van der Waals surface area contributed by atoms with Crippen LogP contribution in [0.3, 0.4) is 0 Å². The quantitative estimate of drug-likeness (QED) is 0.854. The van der Waals surface area contributed by atoms with Gasteiger partial charge in [0, 0.05) is 12.7 Å². The highest BCUT2D eigenvalue weighted by Crippen LogP contribution is 2.15. The molecule has 92 valence electrons. The molecule has 0 aliphatic heterocycles. The second kappa shape index (κ2) is 5.23. The van der Waals surface area contributed by atoms with Gasteiger partial charge in [-0.2, -0.15) is 10.4 Å². The standard InChI is InChI=1S/C13H15N5/c1-10-2-3-13(11(6-10)7-14)16-4-5-18-9-12(15)8-17-18/h2-3,6,8-9,16H,4-5,15H2,1H3. The number of nitrogens with one attached hydrogen (secondary N) is 1. The second-order valence-corrected chi connectivity index (χ2v) is 4.12. The Bertz CT molecular complexity index is 579. The number of nitrogens with zero attached hydrogens (tertiary/aromatic N) is 3. The minimum Gasteiger partial charge on any atom is -0.396 e. The van der Waals surface area contributed by atoms with E-state index in [1.54, 1.807) is 17.1 Å². The fraction of sp³-hybridized carbons (Fsp3) is 0.231. The van der Waals surface area contributed by atoms with Crippen LogP contribution in [0.5, 0.6) is 0 Å². The number of aromatic nitrogens is 2. The smallest absolute Gasteiger partial charge is 0.101 e. The van der Waals surface area contributed by atoms with Crippen LogP contribution < -0.4 is 11.1 Å². The Balaban J connectivity index is 1.96. The van der Waals surface area contributed by atoms with E-state index in [9.17, 15) is 0 Å². The van der Waals surface area contributed by atoms with E-state index in [4.69, 9.17) is 11.0 Å². The van der Waals surface area contributed by atoms with Crippen LogP contribution in [-0.2, 0) is 6.54 Å². The van der Waals surface area contributed by atoms with Gasteiger partial charge in [0.2, 0.25) is 0 Å². The maximum atomic E-state index is 9.04. The molecule has 1 heterocycles. The first-order valence-electron chi connectivity index (χ1n) is 5.71. The number of anilines is 2. The van der Waals surface area contributed by atoms with E-state index in [-0.39, 0.29) is 0 Å². The lowest BCUT2D eigenvalue weighted by molar-refractivity contribution is 0.638. The monoisotopic (exact) mass is 241 g/mol. The first-order chi connectivity index (χ1) is 8.69. The molecule has 0 amide bonds. The van der Waals surface area contributed by atoms with Gasteiger partial charge in [0.1, 0.15) is 6.07 Å². The van der Waals surface area contributed by atoms with Crippen molar-refractivity contribution in [1.29, 1.82) is 5.26 Å². The largest absolute Gasteiger partial charge is 0.396 e. The zero-order valence-electron chi connectivity index (χ0n) is 10.2. The molecule has 0 radical (unpaired) electrons. The van der Waals surface area contributed by atoms with Crippen molar-refractivity contribution in [3.05, 3.63) is 41.7 Å². The van der Waals surface area contributed by atoms with E-state index in [2.05, 4.69) is 16.5 Å². The van der Waals surface area contributed by atoms with Gasteiger partial charge in [-0.25, -0.2) is 0 Å². The molecule has 1 aromatic carbocycles. The number of nitrogens with two attached hydrogens (primary N) is 1. The average molecular weight is 241 g/mol. The van der Waals surface area contributed by atoms with Crippen molar-refractivity contribution in [2.75, 3.05) is 17.6 Å². The van der Waals surface area contributed by atoms with Crippen LogP contribution in [0.25, 0.3) is 0 Å². The van der Waals surface area contributed by atoms with Gasteiger partial charge < -0.3 is 11.1 Å². The summed E-state index contributed by atoms with van der Waals surface area (Å²) in [5.41, 5.74) is 8.83. The fourth-order valence-electron chi connectivity index (χ4n) is 1.71. The minimum absolute atomic E-state index is 0.656. The van der Waals surface area contributed by atoms with Crippen molar-refractivity contribution in [3.63, 3.8) is 0 Å². The van der Waals surface area contributed by atoms with E-state index < -0.39 is 0 Å². The van der Waals surface area contributed by atoms with Crippen LogP contribution in [0.1, 0.15) is 11.1 Å². The van der Waals surface area contributed by atoms with E-state index in [0.717, 1.165) is 11.3 Å². The zero-order valence-corrected chi connectivity index (χ0v) is 10.2. The van der Waals surface area contributed by atoms with Crippen LogP contribution in [0.2, 0.25) is 0 Å². The first kappa shape index (κ1) is 12.0. The average Bonchev–Trinajstić information content (AvgIpc) is 2.77. The van der Waals surface area contributed by atoms with Crippen LogP contribution in [0, 0.1) is 18.3 Å². The summed E-state index contributed by atoms with van der Waals surface area (Å²) in [6.45, 7) is 3.37. The predicted molar refractivity (Wildman–Crippen MR) is 71.0 cm³/mol. The van der Waals surface area contributed by atoms with Crippen LogP contribution >= 0.6 is 0 Å². The van der Waals surface area contributed by atoms with E-state index in [1.807, 2.05) is 25.1 Å². The summed E-state index contributed by atoms with van der Waals surface area (Å²) >= 11 is 0. The maximum absolute atomic E-state index is 9.04. The summed E-state index contributed by atoms with van der Waals surface area (Å²) in [6.07, 6.45) is 3.40. The van der Waals surface area contributed by atoms with Crippen molar-refractivity contribution in [3.8, 4) is 6.07 Å². The van der Waals surface area contributed by atoms with Gasteiger partial charge in [0.25, 0.3) is 0 Å². The van der Waals surface area contributed by atoms with Gasteiger partial charge in [0.15, 0.2) is 0 Å². The first-order valence-corrected chi connectivity index (χ1v) is 5.71. The Hall–Kier alpha value is -2.48. The van der Waals surface area contributed by atoms with Crippen molar-refractivity contribution in [2.45, 2.75) is 13.5 Å². The molecule has 0 saturated carbocycles. The van der Waals surface area contributed by atoms with E-state index in [0.29, 0.717) is 24.3 Å². The molecule has 0 aliphatic carbocycles. The molecule has 0 fully saturated rings. The van der Waals surface area contributed by atoms with Gasteiger partial charge in [-0.15, -0.1) is 0 Å². The normalized spacial score (nSPS) is 10.0. The Morgan fingerprint density at radius 1 is 1.50 bits per heavy atom. The van der Waals surface area contributed by atoms with Crippen LogP contribution in [0.4, 0.5) is 11.4 Å². The molecule has 2 aromatic rings. The number of hydrogen-bond donors (Lipinski definition) is 2. The van der Waals surface area contributed by atoms with Crippen molar-refractivity contribution in [2.24, 2.45) is 0 Å². The lowest BCUT2D eigenvalue weighted by atomic mass is 10.1. The van der Waals surface area contributed by atoms with Gasteiger partial charge in [-0.1, -0.05) is 6.07 Å². The molecule has 0 bridgehead atoms. The summed E-state index contributed by atoms with van der Waals surface area (Å²) in [7, 11) is 0. The summed E-state index contributed by atoms with van der Waals surface area (Å²) in [4.78, 5) is 0.